The maximum atomic E-state index is 10.4. The van der Waals surface area contributed by atoms with Crippen LogP contribution in [0.25, 0.3) is 0 Å². The average molecular weight is 263 g/mol. The molecule has 1 rings (SSSR count). The van der Waals surface area contributed by atoms with Crippen LogP contribution in [0.4, 0.5) is 0 Å². The largest absolute Gasteiger partial charge is 1.00 e. The van der Waals surface area contributed by atoms with E-state index in [1.165, 1.54) is 0 Å². The molecular weight excluding hydrogens is 251 g/mol. The van der Waals surface area contributed by atoms with Crippen molar-refractivity contribution in [2.24, 2.45) is 0 Å². The van der Waals surface area contributed by atoms with Gasteiger partial charge in [0.05, 0.1) is 5.88 Å². The molecule has 1 aliphatic heterocycles. The van der Waals surface area contributed by atoms with Gasteiger partial charge >= 0.3 is 29.6 Å². The summed E-state index contributed by atoms with van der Waals surface area (Å²) in [6, 6.07) is 0. The monoisotopic (exact) mass is 263 g/mol. The molecule has 0 aromatic rings. The Labute approximate surface area is 121 Å². The van der Waals surface area contributed by atoms with Gasteiger partial charge in [-0.25, -0.2) is 0 Å². The fourth-order valence-electron chi connectivity index (χ4n) is 1.22. The molecule has 0 radical (unpaired) electrons. The normalized spacial score (nSPS) is 20.0. The molecule has 0 saturated carbocycles. The Morgan fingerprint density at radius 1 is 1.50 bits per heavy atom. The van der Waals surface area contributed by atoms with E-state index in [1.807, 2.05) is 9.80 Å². The zero-order valence-electron chi connectivity index (χ0n) is 9.01. The summed E-state index contributed by atoms with van der Waals surface area (Å²) in [7, 11) is 0. The van der Waals surface area contributed by atoms with E-state index in [4.69, 9.17) is 12.2 Å². The van der Waals surface area contributed by atoms with Crippen LogP contribution in [0.1, 0.15) is 1.43 Å². The van der Waals surface area contributed by atoms with Gasteiger partial charge in [-0.15, -0.1) is 12.6 Å². The van der Waals surface area contributed by atoms with E-state index in [9.17, 15) is 8.76 Å². The Balaban J connectivity index is 0. The van der Waals surface area contributed by atoms with Crippen molar-refractivity contribution in [2.45, 2.75) is 0 Å². The van der Waals surface area contributed by atoms with Crippen molar-refractivity contribution in [3.63, 3.8) is 0 Å². The van der Waals surface area contributed by atoms with Gasteiger partial charge in [-0.2, -0.15) is 0 Å². The molecule has 1 fully saturated rings. The summed E-state index contributed by atoms with van der Waals surface area (Å²) < 4.78 is 21.4. The summed E-state index contributed by atoms with van der Waals surface area (Å²) in [5.41, 5.74) is 0. The van der Waals surface area contributed by atoms with E-state index in [0.29, 0.717) is 4.32 Å². The molecule has 0 amide bonds. The summed E-state index contributed by atoms with van der Waals surface area (Å²) in [4.78, 5) is 3.84. The Morgan fingerprint density at radius 3 is 2.36 bits per heavy atom. The first-order valence-electron chi connectivity index (χ1n) is 3.85. The van der Waals surface area contributed by atoms with Gasteiger partial charge in [0, 0.05) is 26.2 Å². The van der Waals surface area contributed by atoms with Crippen molar-refractivity contribution in [1.82, 2.24) is 9.80 Å². The van der Waals surface area contributed by atoms with Gasteiger partial charge in [0.25, 0.3) is 0 Å². The Morgan fingerprint density at radius 2 is 2.00 bits per heavy atom. The molecule has 1 unspecified atom stereocenters. The van der Waals surface area contributed by atoms with Crippen LogP contribution in [0.3, 0.4) is 0 Å². The van der Waals surface area contributed by atoms with Gasteiger partial charge in [0.15, 0.2) is 0 Å². The first-order chi connectivity index (χ1) is 6.09. The summed E-state index contributed by atoms with van der Waals surface area (Å²) in [6.07, 6.45) is 0. The van der Waals surface area contributed by atoms with Crippen LogP contribution in [0, 0.1) is 0 Å². The molecule has 0 spiro atoms. The molecule has 14 heavy (non-hydrogen) atoms. The molecule has 1 aliphatic rings. The minimum atomic E-state index is -1.98. The van der Waals surface area contributed by atoms with Gasteiger partial charge in [-0.3, -0.25) is 9.11 Å². The summed E-state index contributed by atoms with van der Waals surface area (Å²) >= 11 is 6.97. The molecule has 1 atom stereocenters. The van der Waals surface area contributed by atoms with Crippen molar-refractivity contribution >= 4 is 40.2 Å². The van der Waals surface area contributed by atoms with Gasteiger partial charge < -0.3 is 10.9 Å². The fraction of sp³-hybridized carbons (Fsp3) is 0.833. The molecular formula is C6H12N2NaO2S3-. The maximum absolute atomic E-state index is 10.4. The zero-order valence-corrected chi connectivity index (χ0v) is 12.5. The fourth-order valence-corrected chi connectivity index (χ4v) is 2.16. The first-order valence-corrected chi connectivity index (χ1v) is 5.95. The molecule has 8 heteroatoms. The smallest absolute Gasteiger partial charge is 1.00 e. The second kappa shape index (κ2) is 7.56. The number of thiol groups is 1. The number of thiocarbonyl (C=S) groups is 1. The Kier molecular flexibility index (Phi) is 8.27. The van der Waals surface area contributed by atoms with E-state index < -0.39 is 11.1 Å². The SMILES string of the molecule is O=S([O-])CN1CCN(C(=S)S)CC1.[H-].[Na+]. The number of hydrogen-bond donors (Lipinski definition) is 1. The molecule has 0 aromatic heterocycles. The van der Waals surface area contributed by atoms with E-state index in [0.717, 1.165) is 26.2 Å². The Bertz CT molecular complexity index is 226. The van der Waals surface area contributed by atoms with Crippen LogP contribution >= 0.6 is 24.8 Å². The molecule has 78 valence electrons. The van der Waals surface area contributed by atoms with Crippen molar-refractivity contribution < 1.29 is 39.7 Å². The van der Waals surface area contributed by atoms with E-state index >= 15 is 0 Å². The van der Waals surface area contributed by atoms with Gasteiger partial charge in [0.1, 0.15) is 4.32 Å². The number of piperazine rings is 1. The molecule has 4 nitrogen and oxygen atoms in total. The van der Waals surface area contributed by atoms with Gasteiger partial charge in [-0.05, 0) is 11.1 Å². The third-order valence-electron chi connectivity index (χ3n) is 1.93. The van der Waals surface area contributed by atoms with E-state index in [2.05, 4.69) is 12.6 Å². The van der Waals surface area contributed by atoms with Crippen LogP contribution in [-0.2, 0) is 11.1 Å². The van der Waals surface area contributed by atoms with Crippen molar-refractivity contribution in [1.29, 1.82) is 0 Å². The first kappa shape index (κ1) is 15.3. The minimum absolute atomic E-state index is 0. The van der Waals surface area contributed by atoms with Crippen molar-refractivity contribution in [3.8, 4) is 0 Å². The van der Waals surface area contributed by atoms with Crippen molar-refractivity contribution in [2.75, 3.05) is 32.1 Å². The maximum Gasteiger partial charge on any atom is 1.00 e. The predicted molar refractivity (Wildman–Crippen MR) is 59.6 cm³/mol. The molecule has 1 heterocycles. The number of rotatable bonds is 2. The third kappa shape index (κ3) is 5.41. The van der Waals surface area contributed by atoms with Gasteiger partial charge in [-0.1, -0.05) is 12.2 Å². The van der Waals surface area contributed by atoms with E-state index in [1.54, 1.807) is 0 Å². The minimum Gasteiger partial charge on any atom is -1.00 e. The van der Waals surface area contributed by atoms with Crippen LogP contribution in [0.15, 0.2) is 0 Å². The van der Waals surface area contributed by atoms with Crippen LogP contribution < -0.4 is 29.6 Å². The number of nitrogens with zero attached hydrogens (tertiary/aromatic N) is 2. The average Bonchev–Trinajstić information content (AvgIpc) is 2.04. The summed E-state index contributed by atoms with van der Waals surface area (Å²) in [5.74, 6) is 0.118. The third-order valence-corrected chi connectivity index (χ3v) is 3.05. The van der Waals surface area contributed by atoms with E-state index in [-0.39, 0.29) is 36.9 Å². The predicted octanol–water partition coefficient (Wildman–Crippen LogP) is -3.23. The van der Waals surface area contributed by atoms with Crippen LogP contribution in [-0.4, -0.2) is 54.9 Å². The number of hydrogen-bond acceptors (Lipinski definition) is 4. The molecule has 0 N–H and O–H groups in total. The molecule has 0 aliphatic carbocycles. The molecule has 1 saturated heterocycles. The topological polar surface area (TPSA) is 46.6 Å². The second-order valence-corrected chi connectivity index (χ2v) is 4.80. The standard InChI is InChI=1S/C6H12N2O2S3.Na.H/c9-13(10)5-7-1-3-8(4-2-7)6(11)12;;/h1-5H2,(H,9,10)(H,11,12);;/q;+1;-1/p-1. The van der Waals surface area contributed by atoms with Crippen molar-refractivity contribution in [3.05, 3.63) is 0 Å². The summed E-state index contributed by atoms with van der Waals surface area (Å²) in [6.45, 7) is 2.99. The second-order valence-electron chi connectivity index (χ2n) is 2.82. The quantitative estimate of drug-likeness (QED) is 0.246. The van der Waals surface area contributed by atoms with Crippen LogP contribution in [0.5, 0.6) is 0 Å². The molecule has 0 aromatic carbocycles. The Hall–Kier alpha value is 1.31. The zero-order chi connectivity index (χ0) is 9.84. The molecule has 0 bridgehead atoms. The summed E-state index contributed by atoms with van der Waals surface area (Å²) in [5, 5.41) is 0. The van der Waals surface area contributed by atoms with Crippen LogP contribution in [0.2, 0.25) is 0 Å². The van der Waals surface area contributed by atoms with Gasteiger partial charge in [0.2, 0.25) is 0 Å².